The lowest BCUT2D eigenvalue weighted by Gasteiger charge is -2.25. The van der Waals surface area contributed by atoms with Gasteiger partial charge in [-0.3, -0.25) is 0 Å². The Morgan fingerprint density at radius 2 is 0.571 bits per heavy atom. The van der Waals surface area contributed by atoms with Crippen molar-refractivity contribution in [3.05, 3.63) is 253 Å². The zero-order chi connectivity index (χ0) is 46.9. The van der Waals surface area contributed by atoms with Crippen LogP contribution in [-0.2, 0) is 10.8 Å². The molecule has 12 aromatic rings. The molecule has 0 unspecified atom stereocenters. The molecular formula is C70H50. The molecule has 0 radical (unpaired) electrons. The van der Waals surface area contributed by atoms with Crippen molar-refractivity contribution < 1.29 is 0 Å². The fraction of sp³-hybridized carbons (Fsp3) is 0.0857. The Kier molecular flexibility index (Phi) is 8.78. The van der Waals surface area contributed by atoms with Gasteiger partial charge in [-0.15, -0.1) is 0 Å². The molecule has 70 heavy (non-hydrogen) atoms. The van der Waals surface area contributed by atoms with E-state index < -0.39 is 0 Å². The van der Waals surface area contributed by atoms with Crippen LogP contribution in [-0.4, -0.2) is 0 Å². The molecule has 12 aromatic carbocycles. The van der Waals surface area contributed by atoms with Crippen LogP contribution in [0, 0.1) is 0 Å². The van der Waals surface area contributed by atoms with Crippen LogP contribution in [0.15, 0.2) is 231 Å². The van der Waals surface area contributed by atoms with E-state index in [2.05, 4.69) is 258 Å². The minimum atomic E-state index is -0.205. The van der Waals surface area contributed by atoms with Crippen LogP contribution in [0.25, 0.3) is 121 Å². The maximum atomic E-state index is 2.52. The normalized spacial score (nSPS) is 13.9. The maximum Gasteiger partial charge on any atom is 0.0159 e. The average molecular weight is 891 g/mol. The summed E-state index contributed by atoms with van der Waals surface area (Å²) in [5, 5.41) is 10.1. The maximum absolute atomic E-state index is 2.52. The molecule has 0 bridgehead atoms. The first-order valence-electron chi connectivity index (χ1n) is 24.8. The highest BCUT2D eigenvalue weighted by molar-refractivity contribution is 6.31. The Bertz CT molecular complexity index is 4090. The largest absolute Gasteiger partial charge is 0.0622 e. The molecule has 330 valence electrons. The number of benzene rings is 12. The van der Waals surface area contributed by atoms with Gasteiger partial charge in [-0.1, -0.05) is 240 Å². The Balaban J connectivity index is 0.965. The molecule has 2 aliphatic carbocycles. The molecule has 0 aromatic heterocycles. The summed E-state index contributed by atoms with van der Waals surface area (Å²) >= 11 is 0. The quantitative estimate of drug-likeness (QED) is 0.151. The fourth-order valence-corrected chi connectivity index (χ4v) is 12.9. The number of rotatable bonds is 5. The van der Waals surface area contributed by atoms with E-state index in [1.807, 2.05) is 0 Å². The van der Waals surface area contributed by atoms with Crippen molar-refractivity contribution in [2.24, 2.45) is 0 Å². The summed E-state index contributed by atoms with van der Waals surface area (Å²) < 4.78 is 0. The standard InChI is InChI=1S/C70H50/c1-69(2)60-33-18-17-24-49(60)50-37-34-45(40-61(50)69)46-35-38-51-52-39-36-47(42-63(52)70(3,4)62(51)41-46)64-53-25-11-14-28-56(53)67(57-29-15-12-26-54(57)64)68-58-30-16-13-27-55(58)65(44-22-9-6-10-23-44)66-48(31-19-32-59(66)68)43-20-7-5-8-21-43/h5-42H,1-4H3. The molecule has 0 saturated carbocycles. The number of fused-ring (bicyclic) bond motifs is 10. The van der Waals surface area contributed by atoms with Gasteiger partial charge in [0.05, 0.1) is 0 Å². The van der Waals surface area contributed by atoms with Crippen molar-refractivity contribution in [3.63, 3.8) is 0 Å². The number of hydrogen-bond donors (Lipinski definition) is 0. The van der Waals surface area contributed by atoms with Crippen LogP contribution in [0.3, 0.4) is 0 Å². The zero-order valence-electron chi connectivity index (χ0n) is 39.9. The summed E-state index contributed by atoms with van der Waals surface area (Å²) in [7, 11) is 0. The molecule has 0 N–H and O–H groups in total. The second-order valence-electron chi connectivity index (χ2n) is 20.7. The van der Waals surface area contributed by atoms with Gasteiger partial charge in [0.15, 0.2) is 0 Å². The molecule has 14 rings (SSSR count). The Morgan fingerprint density at radius 1 is 0.214 bits per heavy atom. The molecule has 0 fully saturated rings. The van der Waals surface area contributed by atoms with Gasteiger partial charge in [-0.25, -0.2) is 0 Å². The monoisotopic (exact) mass is 890 g/mol. The minimum absolute atomic E-state index is 0.0441. The molecule has 0 aliphatic heterocycles. The molecule has 0 atom stereocenters. The first-order chi connectivity index (χ1) is 34.3. The third kappa shape index (κ3) is 5.77. The van der Waals surface area contributed by atoms with E-state index in [1.165, 1.54) is 143 Å². The van der Waals surface area contributed by atoms with E-state index in [-0.39, 0.29) is 10.8 Å². The van der Waals surface area contributed by atoms with Crippen LogP contribution < -0.4 is 0 Å². The van der Waals surface area contributed by atoms with Gasteiger partial charge in [0, 0.05) is 10.8 Å². The van der Waals surface area contributed by atoms with Crippen LogP contribution in [0.2, 0.25) is 0 Å². The Hall–Kier alpha value is -8.32. The van der Waals surface area contributed by atoms with Gasteiger partial charge in [-0.2, -0.15) is 0 Å². The third-order valence-corrected chi connectivity index (χ3v) is 16.3. The summed E-state index contributed by atoms with van der Waals surface area (Å²) in [6, 6.07) is 86.8. The van der Waals surface area contributed by atoms with Crippen molar-refractivity contribution in [2.45, 2.75) is 38.5 Å². The Morgan fingerprint density at radius 3 is 1.11 bits per heavy atom. The molecule has 0 heterocycles. The van der Waals surface area contributed by atoms with E-state index in [0.717, 1.165) is 0 Å². The van der Waals surface area contributed by atoms with Crippen molar-refractivity contribution >= 4 is 43.1 Å². The average Bonchev–Trinajstić information content (AvgIpc) is 3.78. The predicted octanol–water partition coefficient (Wildman–Crippen LogP) is 19.2. The van der Waals surface area contributed by atoms with Gasteiger partial charge in [-0.05, 0) is 161 Å². The van der Waals surface area contributed by atoms with E-state index in [1.54, 1.807) is 0 Å². The molecule has 0 spiro atoms. The van der Waals surface area contributed by atoms with Crippen LogP contribution in [0.4, 0.5) is 0 Å². The topological polar surface area (TPSA) is 0 Å². The van der Waals surface area contributed by atoms with Gasteiger partial charge in [0.2, 0.25) is 0 Å². The second-order valence-corrected chi connectivity index (χ2v) is 20.7. The predicted molar refractivity (Wildman–Crippen MR) is 299 cm³/mol. The van der Waals surface area contributed by atoms with Gasteiger partial charge in [0.25, 0.3) is 0 Å². The van der Waals surface area contributed by atoms with Crippen molar-refractivity contribution in [2.75, 3.05) is 0 Å². The first-order valence-corrected chi connectivity index (χ1v) is 24.8. The van der Waals surface area contributed by atoms with Crippen LogP contribution in [0.1, 0.15) is 49.9 Å². The van der Waals surface area contributed by atoms with Crippen LogP contribution >= 0.6 is 0 Å². The lowest BCUT2D eigenvalue weighted by atomic mass is 9.78. The summed E-state index contributed by atoms with van der Waals surface area (Å²) in [6.45, 7) is 9.59. The summed E-state index contributed by atoms with van der Waals surface area (Å²) in [5.74, 6) is 0. The number of hydrogen-bond acceptors (Lipinski definition) is 0. The first kappa shape index (κ1) is 40.7. The van der Waals surface area contributed by atoms with Crippen molar-refractivity contribution in [1.29, 1.82) is 0 Å². The molecule has 0 amide bonds. The minimum Gasteiger partial charge on any atom is -0.0622 e. The summed E-state index contributed by atoms with van der Waals surface area (Å²) in [5.41, 5.74) is 23.3. The summed E-state index contributed by atoms with van der Waals surface area (Å²) in [4.78, 5) is 0. The zero-order valence-corrected chi connectivity index (χ0v) is 39.9. The van der Waals surface area contributed by atoms with Gasteiger partial charge >= 0.3 is 0 Å². The molecule has 0 saturated heterocycles. The van der Waals surface area contributed by atoms with Gasteiger partial charge in [0.1, 0.15) is 0 Å². The lowest BCUT2D eigenvalue weighted by molar-refractivity contribution is 0.659. The van der Waals surface area contributed by atoms with Crippen molar-refractivity contribution in [3.8, 4) is 77.9 Å². The van der Waals surface area contributed by atoms with Gasteiger partial charge < -0.3 is 0 Å². The smallest absolute Gasteiger partial charge is 0.0159 e. The highest BCUT2D eigenvalue weighted by Crippen LogP contribution is 2.55. The summed E-state index contributed by atoms with van der Waals surface area (Å²) in [6.07, 6.45) is 0. The van der Waals surface area contributed by atoms with Crippen LogP contribution in [0.5, 0.6) is 0 Å². The third-order valence-electron chi connectivity index (χ3n) is 16.3. The van der Waals surface area contributed by atoms with E-state index in [0.29, 0.717) is 0 Å². The molecule has 2 aliphatic rings. The highest BCUT2D eigenvalue weighted by Gasteiger charge is 2.38. The van der Waals surface area contributed by atoms with Crippen molar-refractivity contribution in [1.82, 2.24) is 0 Å². The molecule has 0 nitrogen and oxygen atoms in total. The van der Waals surface area contributed by atoms with E-state index >= 15 is 0 Å². The van der Waals surface area contributed by atoms with E-state index in [9.17, 15) is 0 Å². The molecule has 0 heteroatoms. The highest BCUT2D eigenvalue weighted by atomic mass is 14.4. The molecular weight excluding hydrogens is 841 g/mol. The Labute approximate surface area is 410 Å². The fourth-order valence-electron chi connectivity index (χ4n) is 12.9. The second kappa shape index (κ2) is 15.1. The van der Waals surface area contributed by atoms with E-state index in [4.69, 9.17) is 0 Å². The lowest BCUT2D eigenvalue weighted by Crippen LogP contribution is -2.15. The SMILES string of the molecule is CC1(C)c2ccccc2-c2ccc(-c3ccc4c(c3)C(C)(C)c3cc(-c5c6ccccc6c(-c6c7ccccc7c(-c7ccccc7)c7c(-c8ccccc8)cccc67)c6ccccc56)ccc3-4)cc21.